The second kappa shape index (κ2) is 10.8. The molecular formula is C26H29N3O5S. The maximum atomic E-state index is 12.5. The Balaban J connectivity index is 1.72. The molecule has 1 aliphatic carbocycles. The molecule has 2 aromatic carbocycles. The molecule has 4 rings (SSSR count). The van der Waals surface area contributed by atoms with Crippen molar-refractivity contribution in [2.24, 2.45) is 0 Å². The van der Waals surface area contributed by atoms with Crippen molar-refractivity contribution in [2.75, 3.05) is 18.3 Å². The third-order valence-electron chi connectivity index (χ3n) is 5.82. The Labute approximate surface area is 206 Å². The highest BCUT2D eigenvalue weighted by molar-refractivity contribution is 7.89. The van der Waals surface area contributed by atoms with E-state index in [1.807, 2.05) is 46.0 Å². The average Bonchev–Trinajstić information content (AvgIpc) is 3.35. The van der Waals surface area contributed by atoms with E-state index in [0.29, 0.717) is 23.7 Å². The molecule has 1 aliphatic rings. The van der Waals surface area contributed by atoms with Gasteiger partial charge in [-0.2, -0.15) is 0 Å². The van der Waals surface area contributed by atoms with Gasteiger partial charge >= 0.3 is 0 Å². The first-order valence-electron chi connectivity index (χ1n) is 11.5. The lowest BCUT2D eigenvalue weighted by atomic mass is 10.1. The number of amides is 1. The molecule has 8 nitrogen and oxygen atoms in total. The topological polar surface area (TPSA) is 97.8 Å². The van der Waals surface area contributed by atoms with Crippen LogP contribution in [0.2, 0.25) is 0 Å². The number of carbonyl (C=O) groups is 1. The zero-order chi connectivity index (χ0) is 24.8. The van der Waals surface area contributed by atoms with Crippen molar-refractivity contribution in [1.82, 2.24) is 9.71 Å². The van der Waals surface area contributed by atoms with Gasteiger partial charge in [0.1, 0.15) is 0 Å². The van der Waals surface area contributed by atoms with E-state index >= 15 is 0 Å². The van der Waals surface area contributed by atoms with Crippen molar-refractivity contribution in [1.29, 1.82) is 0 Å². The largest absolute Gasteiger partial charge is 0.493 e. The predicted octanol–water partition coefficient (Wildman–Crippen LogP) is 4.44. The third-order valence-corrected chi connectivity index (χ3v) is 6.37. The summed E-state index contributed by atoms with van der Waals surface area (Å²) in [4.78, 5) is 18.8. The standard InChI is InChI=1S/C26H29N3O5S/c1-33-24-13-12-22(16-25(24)34-23-10-3-4-11-23)29(18-19-7-6-14-27-17-19)21-9-5-8-20(15-21)26(30)28-35(2,31)32/h5-9,12-17,23H,3-4,10-11,18H2,1-2H3,(H,28,30). The summed E-state index contributed by atoms with van der Waals surface area (Å²) in [6.07, 6.45) is 8.96. The fourth-order valence-corrected chi connectivity index (χ4v) is 4.61. The highest BCUT2D eigenvalue weighted by Gasteiger charge is 2.21. The summed E-state index contributed by atoms with van der Waals surface area (Å²) in [6, 6.07) is 16.4. The van der Waals surface area contributed by atoms with E-state index in [0.717, 1.165) is 43.2 Å². The van der Waals surface area contributed by atoms with Crippen molar-refractivity contribution < 1.29 is 22.7 Å². The highest BCUT2D eigenvalue weighted by Crippen LogP contribution is 2.38. The molecule has 1 amide bonds. The van der Waals surface area contributed by atoms with Gasteiger partial charge in [0.15, 0.2) is 11.5 Å². The SMILES string of the molecule is COc1ccc(N(Cc2cccnc2)c2cccc(C(=O)NS(C)(=O)=O)c2)cc1OC1CCCC1. The average molecular weight is 496 g/mol. The van der Waals surface area contributed by atoms with Gasteiger partial charge in [0.05, 0.1) is 19.5 Å². The number of rotatable bonds is 9. The molecule has 0 radical (unpaired) electrons. The van der Waals surface area contributed by atoms with Crippen LogP contribution in [0.25, 0.3) is 0 Å². The fraction of sp³-hybridized carbons (Fsp3) is 0.308. The minimum atomic E-state index is -3.68. The minimum absolute atomic E-state index is 0.161. The molecule has 1 fully saturated rings. The number of carbonyl (C=O) groups excluding carboxylic acids is 1. The van der Waals surface area contributed by atoms with Crippen LogP contribution in [0.3, 0.4) is 0 Å². The molecule has 0 atom stereocenters. The van der Waals surface area contributed by atoms with Crippen molar-refractivity contribution in [3.05, 3.63) is 78.1 Å². The minimum Gasteiger partial charge on any atom is -0.493 e. The first-order valence-corrected chi connectivity index (χ1v) is 13.3. The number of nitrogens with one attached hydrogen (secondary N) is 1. The normalized spacial score (nSPS) is 13.9. The van der Waals surface area contributed by atoms with E-state index in [2.05, 4.69) is 4.98 Å². The molecule has 3 aromatic rings. The van der Waals surface area contributed by atoms with Gasteiger partial charge in [-0.15, -0.1) is 0 Å². The lowest BCUT2D eigenvalue weighted by Gasteiger charge is -2.27. The molecule has 1 N–H and O–H groups in total. The molecular weight excluding hydrogens is 466 g/mol. The van der Waals surface area contributed by atoms with Gasteiger partial charge in [-0.05, 0) is 67.6 Å². The van der Waals surface area contributed by atoms with Crippen molar-refractivity contribution in [3.63, 3.8) is 0 Å². The first kappa shape index (κ1) is 24.5. The summed E-state index contributed by atoms with van der Waals surface area (Å²) >= 11 is 0. The Hall–Kier alpha value is -3.59. The van der Waals surface area contributed by atoms with Crippen LogP contribution in [-0.2, 0) is 16.6 Å². The monoisotopic (exact) mass is 495 g/mol. The number of nitrogens with zero attached hydrogens (tertiary/aromatic N) is 2. The molecule has 184 valence electrons. The van der Waals surface area contributed by atoms with E-state index < -0.39 is 15.9 Å². The van der Waals surface area contributed by atoms with Crippen LogP contribution < -0.4 is 19.1 Å². The van der Waals surface area contributed by atoms with E-state index in [1.165, 1.54) is 0 Å². The molecule has 1 heterocycles. The Morgan fingerprint density at radius 3 is 2.51 bits per heavy atom. The summed E-state index contributed by atoms with van der Waals surface area (Å²) in [5.74, 6) is 0.637. The van der Waals surface area contributed by atoms with E-state index in [4.69, 9.17) is 9.47 Å². The number of hydrogen-bond donors (Lipinski definition) is 1. The molecule has 0 saturated heterocycles. The maximum absolute atomic E-state index is 12.5. The predicted molar refractivity (Wildman–Crippen MR) is 135 cm³/mol. The Morgan fingerprint density at radius 2 is 1.83 bits per heavy atom. The van der Waals surface area contributed by atoms with E-state index in [1.54, 1.807) is 37.7 Å². The van der Waals surface area contributed by atoms with Crippen LogP contribution in [0, 0.1) is 0 Å². The van der Waals surface area contributed by atoms with Gasteiger partial charge in [0, 0.05) is 41.9 Å². The van der Waals surface area contributed by atoms with Gasteiger partial charge in [0.25, 0.3) is 5.91 Å². The maximum Gasteiger partial charge on any atom is 0.264 e. The Morgan fingerprint density at radius 1 is 1.06 bits per heavy atom. The lowest BCUT2D eigenvalue weighted by Crippen LogP contribution is -2.29. The van der Waals surface area contributed by atoms with Crippen molar-refractivity contribution in [3.8, 4) is 11.5 Å². The first-order chi connectivity index (χ1) is 16.8. The van der Waals surface area contributed by atoms with Crippen LogP contribution in [-0.4, -0.2) is 38.8 Å². The Bertz CT molecular complexity index is 1280. The molecule has 1 aromatic heterocycles. The molecule has 9 heteroatoms. The van der Waals surface area contributed by atoms with Crippen LogP contribution in [0.1, 0.15) is 41.6 Å². The smallest absolute Gasteiger partial charge is 0.264 e. The zero-order valence-corrected chi connectivity index (χ0v) is 20.6. The Kier molecular flexibility index (Phi) is 7.55. The number of hydrogen-bond acceptors (Lipinski definition) is 7. The summed E-state index contributed by atoms with van der Waals surface area (Å²) in [6.45, 7) is 0.472. The molecule has 0 bridgehead atoms. The number of pyridine rings is 1. The van der Waals surface area contributed by atoms with Crippen LogP contribution in [0.5, 0.6) is 11.5 Å². The quantitative estimate of drug-likeness (QED) is 0.469. The van der Waals surface area contributed by atoms with Gasteiger partial charge in [0.2, 0.25) is 10.0 Å². The van der Waals surface area contributed by atoms with Crippen LogP contribution in [0.4, 0.5) is 11.4 Å². The molecule has 0 aliphatic heterocycles. The number of aromatic nitrogens is 1. The second-order valence-corrected chi connectivity index (χ2v) is 10.3. The summed E-state index contributed by atoms with van der Waals surface area (Å²) in [5.41, 5.74) is 2.75. The molecule has 0 unspecified atom stereocenters. The second-order valence-electron chi connectivity index (χ2n) is 8.56. The number of ether oxygens (including phenoxy) is 2. The highest BCUT2D eigenvalue weighted by atomic mass is 32.2. The zero-order valence-electron chi connectivity index (χ0n) is 19.8. The number of anilines is 2. The van der Waals surface area contributed by atoms with Crippen LogP contribution >= 0.6 is 0 Å². The van der Waals surface area contributed by atoms with Gasteiger partial charge in [-0.25, -0.2) is 13.1 Å². The molecule has 1 saturated carbocycles. The third kappa shape index (κ3) is 6.51. The fourth-order valence-electron chi connectivity index (χ4n) is 4.16. The van der Waals surface area contributed by atoms with Crippen LogP contribution in [0.15, 0.2) is 67.0 Å². The van der Waals surface area contributed by atoms with E-state index in [9.17, 15) is 13.2 Å². The summed E-state index contributed by atoms with van der Waals surface area (Å²) in [5, 5.41) is 0. The van der Waals surface area contributed by atoms with Gasteiger partial charge in [-0.3, -0.25) is 9.78 Å². The number of benzene rings is 2. The summed E-state index contributed by atoms with van der Waals surface area (Å²) < 4.78 is 37.0. The van der Waals surface area contributed by atoms with Crippen molar-refractivity contribution >= 4 is 27.3 Å². The van der Waals surface area contributed by atoms with Gasteiger partial charge in [-0.1, -0.05) is 12.1 Å². The van der Waals surface area contributed by atoms with Gasteiger partial charge < -0.3 is 14.4 Å². The number of sulfonamides is 1. The van der Waals surface area contributed by atoms with E-state index in [-0.39, 0.29) is 11.7 Å². The lowest BCUT2D eigenvalue weighted by molar-refractivity contribution is 0.0981. The number of methoxy groups -OCH3 is 1. The molecule has 35 heavy (non-hydrogen) atoms. The summed E-state index contributed by atoms with van der Waals surface area (Å²) in [7, 11) is -2.06. The molecule has 0 spiro atoms. The van der Waals surface area contributed by atoms with Crippen molar-refractivity contribution in [2.45, 2.75) is 38.3 Å².